The molecule has 6 heteroatoms. The SMILES string of the molecule is Cc1cnc(CNCc2c(Cl)c(C)nn2C)o1. The highest BCUT2D eigenvalue weighted by Crippen LogP contribution is 2.18. The maximum Gasteiger partial charge on any atom is 0.208 e. The van der Waals surface area contributed by atoms with E-state index in [0.29, 0.717) is 24.0 Å². The molecule has 5 nitrogen and oxygen atoms in total. The van der Waals surface area contributed by atoms with Crippen molar-refractivity contribution >= 4 is 11.6 Å². The molecule has 0 aliphatic heterocycles. The summed E-state index contributed by atoms with van der Waals surface area (Å²) in [5.74, 6) is 1.49. The molecule has 0 atom stereocenters. The Hall–Kier alpha value is -1.33. The highest BCUT2D eigenvalue weighted by Gasteiger charge is 2.10. The predicted octanol–water partition coefficient (Wildman–Crippen LogP) is 1.97. The van der Waals surface area contributed by atoms with Crippen LogP contribution in [0.4, 0.5) is 0 Å². The molecule has 0 bridgehead atoms. The first-order valence-electron chi connectivity index (χ1n) is 5.38. The highest BCUT2D eigenvalue weighted by atomic mass is 35.5. The Bertz CT molecular complexity index is 518. The number of nitrogens with zero attached hydrogens (tertiary/aromatic N) is 3. The summed E-state index contributed by atoms with van der Waals surface area (Å²) in [6.45, 7) is 4.98. The molecular weight excluding hydrogens is 240 g/mol. The molecule has 0 unspecified atom stereocenters. The van der Waals surface area contributed by atoms with Crippen LogP contribution in [0.2, 0.25) is 5.02 Å². The Morgan fingerprint density at radius 2 is 2.18 bits per heavy atom. The third-order valence-corrected chi connectivity index (χ3v) is 2.99. The lowest BCUT2D eigenvalue weighted by molar-refractivity contribution is 0.446. The van der Waals surface area contributed by atoms with Gasteiger partial charge in [-0.2, -0.15) is 5.10 Å². The van der Waals surface area contributed by atoms with E-state index in [1.165, 1.54) is 0 Å². The van der Waals surface area contributed by atoms with E-state index in [1.54, 1.807) is 10.9 Å². The van der Waals surface area contributed by atoms with Crippen molar-refractivity contribution in [2.75, 3.05) is 0 Å². The van der Waals surface area contributed by atoms with Gasteiger partial charge in [-0.25, -0.2) is 4.98 Å². The molecule has 0 fully saturated rings. The van der Waals surface area contributed by atoms with Gasteiger partial charge in [0, 0.05) is 13.6 Å². The van der Waals surface area contributed by atoms with Crippen LogP contribution < -0.4 is 5.32 Å². The van der Waals surface area contributed by atoms with Crippen molar-refractivity contribution in [1.82, 2.24) is 20.1 Å². The lowest BCUT2D eigenvalue weighted by Crippen LogP contribution is -2.15. The van der Waals surface area contributed by atoms with E-state index < -0.39 is 0 Å². The third-order valence-electron chi connectivity index (χ3n) is 2.50. The van der Waals surface area contributed by atoms with Crippen LogP contribution in [-0.4, -0.2) is 14.8 Å². The molecule has 1 N–H and O–H groups in total. The fourth-order valence-corrected chi connectivity index (χ4v) is 1.87. The van der Waals surface area contributed by atoms with E-state index >= 15 is 0 Å². The molecular formula is C11H15ClN4O. The zero-order valence-corrected chi connectivity index (χ0v) is 10.9. The third kappa shape index (κ3) is 2.68. The molecule has 2 heterocycles. The maximum absolute atomic E-state index is 6.14. The molecule has 2 aromatic rings. The van der Waals surface area contributed by atoms with E-state index in [1.807, 2.05) is 20.9 Å². The molecule has 92 valence electrons. The summed E-state index contributed by atoms with van der Waals surface area (Å²) in [6, 6.07) is 0. The molecule has 0 saturated carbocycles. The number of hydrogen-bond donors (Lipinski definition) is 1. The van der Waals surface area contributed by atoms with Gasteiger partial charge in [0.2, 0.25) is 5.89 Å². The molecule has 0 aliphatic rings. The Balaban J connectivity index is 1.94. The smallest absolute Gasteiger partial charge is 0.208 e. The van der Waals surface area contributed by atoms with Crippen LogP contribution >= 0.6 is 11.6 Å². The van der Waals surface area contributed by atoms with Crippen LogP contribution in [0.3, 0.4) is 0 Å². The number of oxazole rings is 1. The Labute approximate surface area is 105 Å². The monoisotopic (exact) mass is 254 g/mol. The van der Waals surface area contributed by atoms with Gasteiger partial charge >= 0.3 is 0 Å². The lowest BCUT2D eigenvalue weighted by Gasteiger charge is -2.03. The second kappa shape index (κ2) is 4.89. The summed E-state index contributed by atoms with van der Waals surface area (Å²) in [4.78, 5) is 4.11. The predicted molar refractivity (Wildman–Crippen MR) is 64.7 cm³/mol. The van der Waals surface area contributed by atoms with Gasteiger partial charge in [-0.05, 0) is 13.8 Å². The van der Waals surface area contributed by atoms with Gasteiger partial charge in [0.1, 0.15) is 5.76 Å². The fourth-order valence-electron chi connectivity index (χ4n) is 1.64. The summed E-state index contributed by atoms with van der Waals surface area (Å²) in [5.41, 5.74) is 1.81. The number of nitrogens with one attached hydrogen (secondary N) is 1. The van der Waals surface area contributed by atoms with Crippen LogP contribution in [0.25, 0.3) is 0 Å². The minimum Gasteiger partial charge on any atom is -0.445 e. The van der Waals surface area contributed by atoms with Crippen LogP contribution in [-0.2, 0) is 20.1 Å². The zero-order valence-electron chi connectivity index (χ0n) is 10.1. The zero-order chi connectivity index (χ0) is 12.4. The Morgan fingerprint density at radius 1 is 1.41 bits per heavy atom. The standard InChI is InChI=1S/C11H15ClN4O/c1-7-4-14-10(17-7)6-13-5-9-11(12)8(2)15-16(9)3/h4,13H,5-6H2,1-3H3. The van der Waals surface area contributed by atoms with Gasteiger partial charge in [0.15, 0.2) is 0 Å². The van der Waals surface area contributed by atoms with E-state index in [-0.39, 0.29) is 0 Å². The van der Waals surface area contributed by atoms with Crippen molar-refractivity contribution in [3.8, 4) is 0 Å². The molecule has 2 rings (SSSR count). The van der Waals surface area contributed by atoms with E-state index in [0.717, 1.165) is 17.1 Å². The highest BCUT2D eigenvalue weighted by molar-refractivity contribution is 6.31. The van der Waals surface area contributed by atoms with E-state index in [9.17, 15) is 0 Å². The number of hydrogen-bond acceptors (Lipinski definition) is 4. The first-order valence-corrected chi connectivity index (χ1v) is 5.75. The van der Waals surface area contributed by atoms with Crippen molar-refractivity contribution in [3.63, 3.8) is 0 Å². The van der Waals surface area contributed by atoms with Crippen LogP contribution in [0.5, 0.6) is 0 Å². The first-order chi connectivity index (χ1) is 8.08. The van der Waals surface area contributed by atoms with Gasteiger partial charge in [-0.15, -0.1) is 0 Å². The van der Waals surface area contributed by atoms with Crippen molar-refractivity contribution in [2.45, 2.75) is 26.9 Å². The molecule has 0 spiro atoms. The van der Waals surface area contributed by atoms with Gasteiger partial charge in [0.05, 0.1) is 29.2 Å². The quantitative estimate of drug-likeness (QED) is 0.906. The summed E-state index contributed by atoms with van der Waals surface area (Å²) in [6.07, 6.45) is 1.71. The molecule has 0 aromatic carbocycles. The van der Waals surface area contributed by atoms with Crippen molar-refractivity contribution in [3.05, 3.63) is 34.3 Å². The molecule has 17 heavy (non-hydrogen) atoms. The average Bonchev–Trinajstić information content (AvgIpc) is 2.78. The average molecular weight is 255 g/mol. The minimum atomic E-state index is 0.578. The fraction of sp³-hybridized carbons (Fsp3) is 0.455. The Kier molecular flexibility index (Phi) is 3.49. The molecule has 0 aliphatic carbocycles. The largest absolute Gasteiger partial charge is 0.445 e. The maximum atomic E-state index is 6.14. The first kappa shape index (κ1) is 12.1. The van der Waals surface area contributed by atoms with E-state index in [4.69, 9.17) is 16.0 Å². The second-order valence-electron chi connectivity index (χ2n) is 3.94. The number of halogens is 1. The number of aryl methyl sites for hydroxylation is 3. The topological polar surface area (TPSA) is 55.9 Å². The van der Waals surface area contributed by atoms with Gasteiger partial charge in [-0.3, -0.25) is 4.68 Å². The van der Waals surface area contributed by atoms with E-state index in [2.05, 4.69) is 15.4 Å². The summed E-state index contributed by atoms with van der Waals surface area (Å²) in [5, 5.41) is 8.18. The van der Waals surface area contributed by atoms with Gasteiger partial charge in [-0.1, -0.05) is 11.6 Å². The second-order valence-corrected chi connectivity index (χ2v) is 4.32. The van der Waals surface area contributed by atoms with Crippen molar-refractivity contribution < 1.29 is 4.42 Å². The summed E-state index contributed by atoms with van der Waals surface area (Å²) >= 11 is 6.14. The lowest BCUT2D eigenvalue weighted by atomic mass is 10.3. The van der Waals surface area contributed by atoms with Crippen LogP contribution in [0, 0.1) is 13.8 Å². The van der Waals surface area contributed by atoms with Crippen LogP contribution in [0.15, 0.2) is 10.6 Å². The summed E-state index contributed by atoms with van der Waals surface area (Å²) in [7, 11) is 1.88. The van der Waals surface area contributed by atoms with Gasteiger partial charge in [0.25, 0.3) is 0 Å². The van der Waals surface area contributed by atoms with Gasteiger partial charge < -0.3 is 9.73 Å². The van der Waals surface area contributed by atoms with Crippen molar-refractivity contribution in [1.29, 1.82) is 0 Å². The molecule has 0 radical (unpaired) electrons. The minimum absolute atomic E-state index is 0.578. The van der Waals surface area contributed by atoms with Crippen LogP contribution in [0.1, 0.15) is 23.0 Å². The Morgan fingerprint density at radius 3 is 2.71 bits per heavy atom. The molecule has 0 saturated heterocycles. The van der Waals surface area contributed by atoms with Crippen molar-refractivity contribution in [2.24, 2.45) is 7.05 Å². The molecule has 2 aromatic heterocycles. The number of aromatic nitrogens is 3. The number of rotatable bonds is 4. The summed E-state index contributed by atoms with van der Waals surface area (Å²) < 4.78 is 7.14. The normalized spacial score (nSPS) is 11.1. The molecule has 0 amide bonds.